The second-order valence-electron chi connectivity index (χ2n) is 3.83. The largest absolute Gasteiger partial charge is 0.430 e. The van der Waals surface area contributed by atoms with Crippen molar-refractivity contribution in [2.24, 2.45) is 0 Å². The first-order chi connectivity index (χ1) is 7.84. The van der Waals surface area contributed by atoms with E-state index >= 15 is 0 Å². The monoisotopic (exact) mass is 245 g/mol. The van der Waals surface area contributed by atoms with Crippen LogP contribution in [0.4, 0.5) is 0 Å². The molecule has 4 heteroatoms. The summed E-state index contributed by atoms with van der Waals surface area (Å²) in [7, 11) is 1.79. The van der Waals surface area contributed by atoms with E-state index in [-0.39, 0.29) is 11.0 Å². The summed E-state index contributed by atoms with van der Waals surface area (Å²) in [5.74, 6) is 0. The molecule has 0 fully saturated rings. The molecule has 1 radical (unpaired) electrons. The Morgan fingerprint density at radius 3 is 2.33 bits per heavy atom. The Balaban J connectivity index is 0.00000144. The SMILES string of the molecule is Cc1cccc(CO[B]c2ccccc2)c1.O.O. The molecular formula is C14H18BO3. The molecular weight excluding hydrogens is 227 g/mol. The minimum atomic E-state index is 0. The molecule has 0 saturated heterocycles. The van der Waals surface area contributed by atoms with Gasteiger partial charge in [-0.15, -0.1) is 0 Å². The second kappa shape index (κ2) is 8.47. The maximum absolute atomic E-state index is 5.54. The molecule has 95 valence electrons. The highest BCUT2D eigenvalue weighted by atomic mass is 16.4. The van der Waals surface area contributed by atoms with E-state index in [0.29, 0.717) is 6.61 Å². The molecule has 0 aromatic heterocycles. The Labute approximate surface area is 108 Å². The quantitative estimate of drug-likeness (QED) is 0.734. The van der Waals surface area contributed by atoms with Crippen molar-refractivity contribution in [2.45, 2.75) is 13.5 Å². The fourth-order valence-corrected chi connectivity index (χ4v) is 1.57. The summed E-state index contributed by atoms with van der Waals surface area (Å²) in [4.78, 5) is 0. The van der Waals surface area contributed by atoms with Gasteiger partial charge in [0.05, 0.1) is 6.61 Å². The zero-order chi connectivity index (χ0) is 11.2. The molecule has 2 aromatic rings. The van der Waals surface area contributed by atoms with Gasteiger partial charge in [-0.1, -0.05) is 65.6 Å². The zero-order valence-corrected chi connectivity index (χ0v) is 10.4. The lowest BCUT2D eigenvalue weighted by atomic mass is 9.88. The Morgan fingerprint density at radius 1 is 0.944 bits per heavy atom. The van der Waals surface area contributed by atoms with Crippen LogP contribution in [0.5, 0.6) is 0 Å². The summed E-state index contributed by atoms with van der Waals surface area (Å²) in [6.45, 7) is 2.71. The minimum Gasteiger partial charge on any atom is -0.430 e. The van der Waals surface area contributed by atoms with Gasteiger partial charge in [0.2, 0.25) is 0 Å². The number of hydrogen-bond acceptors (Lipinski definition) is 1. The first-order valence-electron chi connectivity index (χ1n) is 5.40. The van der Waals surface area contributed by atoms with Crippen LogP contribution < -0.4 is 5.46 Å². The van der Waals surface area contributed by atoms with Crippen molar-refractivity contribution in [3.63, 3.8) is 0 Å². The lowest BCUT2D eigenvalue weighted by Crippen LogP contribution is -2.16. The van der Waals surface area contributed by atoms with Gasteiger partial charge >= 0.3 is 7.48 Å². The maximum atomic E-state index is 5.54. The average molecular weight is 245 g/mol. The molecule has 0 atom stereocenters. The van der Waals surface area contributed by atoms with Crippen molar-refractivity contribution >= 4 is 12.9 Å². The van der Waals surface area contributed by atoms with Gasteiger partial charge in [0, 0.05) is 0 Å². The number of aryl methyl sites for hydroxylation is 1. The summed E-state index contributed by atoms with van der Waals surface area (Å²) in [5.41, 5.74) is 3.56. The standard InChI is InChI=1S/C14H14BO.2H2O/c1-12-6-5-7-13(10-12)11-16-15-14-8-3-2-4-9-14;;/h2-10H,11H2,1H3;2*1H2. The van der Waals surface area contributed by atoms with Gasteiger partial charge in [-0.25, -0.2) is 0 Å². The topological polar surface area (TPSA) is 72.2 Å². The molecule has 0 bridgehead atoms. The third-order valence-corrected chi connectivity index (χ3v) is 2.35. The van der Waals surface area contributed by atoms with Crippen molar-refractivity contribution in [1.82, 2.24) is 0 Å². The van der Waals surface area contributed by atoms with E-state index < -0.39 is 0 Å². The normalized spacial score (nSPS) is 8.94. The van der Waals surface area contributed by atoms with Gasteiger partial charge in [0.1, 0.15) is 0 Å². The molecule has 0 aliphatic heterocycles. The smallest absolute Gasteiger partial charge is 0.330 e. The van der Waals surface area contributed by atoms with Crippen molar-refractivity contribution < 1.29 is 15.6 Å². The molecule has 0 aliphatic carbocycles. The van der Waals surface area contributed by atoms with Crippen LogP contribution in [0.15, 0.2) is 54.6 Å². The van der Waals surface area contributed by atoms with Crippen molar-refractivity contribution in [1.29, 1.82) is 0 Å². The Morgan fingerprint density at radius 2 is 1.67 bits per heavy atom. The van der Waals surface area contributed by atoms with E-state index in [4.69, 9.17) is 4.65 Å². The fourth-order valence-electron chi connectivity index (χ4n) is 1.57. The number of rotatable bonds is 4. The molecule has 0 aliphatic rings. The molecule has 0 saturated carbocycles. The van der Waals surface area contributed by atoms with Gasteiger partial charge in [-0.05, 0) is 12.5 Å². The van der Waals surface area contributed by atoms with Crippen LogP contribution in [0.1, 0.15) is 11.1 Å². The lowest BCUT2D eigenvalue weighted by Gasteiger charge is -2.04. The molecule has 4 N–H and O–H groups in total. The minimum absolute atomic E-state index is 0. The van der Waals surface area contributed by atoms with Gasteiger partial charge in [0.25, 0.3) is 0 Å². The van der Waals surface area contributed by atoms with Crippen molar-refractivity contribution in [2.75, 3.05) is 0 Å². The predicted octanol–water partition coefficient (Wildman–Crippen LogP) is 0.807. The van der Waals surface area contributed by atoms with Crippen LogP contribution in [0.2, 0.25) is 0 Å². The van der Waals surface area contributed by atoms with E-state index in [2.05, 4.69) is 31.2 Å². The highest BCUT2D eigenvalue weighted by Crippen LogP contribution is 2.04. The van der Waals surface area contributed by atoms with Gasteiger partial charge in [-0.2, -0.15) is 0 Å². The number of hydrogen-bond donors (Lipinski definition) is 0. The van der Waals surface area contributed by atoms with Gasteiger partial charge < -0.3 is 15.6 Å². The van der Waals surface area contributed by atoms with Crippen molar-refractivity contribution in [3.8, 4) is 0 Å². The van der Waals surface area contributed by atoms with Crippen LogP contribution in [0, 0.1) is 6.92 Å². The highest BCUT2D eigenvalue weighted by molar-refractivity contribution is 6.46. The van der Waals surface area contributed by atoms with E-state index in [9.17, 15) is 0 Å². The zero-order valence-electron chi connectivity index (χ0n) is 10.4. The van der Waals surface area contributed by atoms with Gasteiger partial charge in [-0.3, -0.25) is 0 Å². The first-order valence-corrected chi connectivity index (χ1v) is 5.40. The predicted molar refractivity (Wildman–Crippen MR) is 75.0 cm³/mol. The summed E-state index contributed by atoms with van der Waals surface area (Å²) in [6, 6.07) is 18.4. The fraction of sp³-hybridized carbons (Fsp3) is 0.143. The Kier molecular flexibility index (Phi) is 7.71. The van der Waals surface area contributed by atoms with Crippen molar-refractivity contribution in [3.05, 3.63) is 65.7 Å². The molecule has 0 amide bonds. The van der Waals surface area contributed by atoms with E-state index in [1.807, 2.05) is 30.3 Å². The lowest BCUT2D eigenvalue weighted by molar-refractivity contribution is 0.330. The highest BCUT2D eigenvalue weighted by Gasteiger charge is 1.97. The van der Waals surface area contributed by atoms with Crippen LogP contribution in [0.25, 0.3) is 0 Å². The maximum Gasteiger partial charge on any atom is 0.330 e. The molecule has 0 heterocycles. The van der Waals surface area contributed by atoms with E-state index in [0.717, 1.165) is 5.46 Å². The molecule has 3 nitrogen and oxygen atoms in total. The summed E-state index contributed by atoms with van der Waals surface area (Å²) in [5, 5.41) is 0. The molecule has 2 aromatic carbocycles. The molecule has 18 heavy (non-hydrogen) atoms. The Hall–Kier alpha value is -1.62. The molecule has 2 rings (SSSR count). The van der Waals surface area contributed by atoms with Gasteiger partial charge in [0.15, 0.2) is 0 Å². The molecule has 0 spiro atoms. The average Bonchev–Trinajstić information content (AvgIpc) is 2.30. The van der Waals surface area contributed by atoms with Crippen LogP contribution in [-0.4, -0.2) is 18.4 Å². The third kappa shape index (κ3) is 5.14. The third-order valence-electron chi connectivity index (χ3n) is 2.35. The van der Waals surface area contributed by atoms with E-state index in [1.54, 1.807) is 7.48 Å². The molecule has 0 unspecified atom stereocenters. The van der Waals surface area contributed by atoms with Crippen LogP contribution in [0.3, 0.4) is 0 Å². The second-order valence-corrected chi connectivity index (χ2v) is 3.83. The first kappa shape index (κ1) is 16.4. The van der Waals surface area contributed by atoms with Crippen LogP contribution >= 0.6 is 0 Å². The summed E-state index contributed by atoms with van der Waals surface area (Å²) >= 11 is 0. The summed E-state index contributed by atoms with van der Waals surface area (Å²) < 4.78 is 5.54. The van der Waals surface area contributed by atoms with Crippen LogP contribution in [-0.2, 0) is 11.3 Å². The Bertz CT molecular complexity index is 446. The number of benzene rings is 2. The van der Waals surface area contributed by atoms with E-state index in [1.165, 1.54) is 11.1 Å². The summed E-state index contributed by atoms with van der Waals surface area (Å²) in [6.07, 6.45) is 0.